The molecule has 0 unspecified atom stereocenters. The molecule has 0 spiro atoms. The summed E-state index contributed by atoms with van der Waals surface area (Å²) in [4.78, 5) is 9.18. The van der Waals surface area contributed by atoms with Crippen LogP contribution in [0.3, 0.4) is 0 Å². The molecule has 0 aliphatic carbocycles. The van der Waals surface area contributed by atoms with E-state index in [2.05, 4.69) is 43.2 Å². The molecule has 2 aromatic rings. The Morgan fingerprint density at radius 1 is 1.11 bits per heavy atom. The standard InChI is InChI=1S/C16H19N3/c1-10-6-11(2)15(12(3)7-10)14-4-5-18-16(19-14)13-8-17-9-13/h4-7,13,17H,8-9H2,1-3H3. The molecule has 2 heterocycles. The molecule has 1 aromatic heterocycles. The van der Waals surface area contributed by atoms with Crippen LogP contribution in [-0.2, 0) is 0 Å². The Balaban J connectivity index is 2.06. The summed E-state index contributed by atoms with van der Waals surface area (Å²) in [5.74, 6) is 1.45. The Morgan fingerprint density at radius 3 is 2.37 bits per heavy atom. The van der Waals surface area contributed by atoms with Gasteiger partial charge in [0.2, 0.25) is 0 Å². The van der Waals surface area contributed by atoms with Gasteiger partial charge in [0.05, 0.1) is 5.69 Å². The molecule has 0 saturated carbocycles. The first kappa shape index (κ1) is 12.3. The molecule has 3 nitrogen and oxygen atoms in total. The van der Waals surface area contributed by atoms with Gasteiger partial charge in [-0.2, -0.15) is 0 Å². The van der Waals surface area contributed by atoms with Crippen LogP contribution in [0.25, 0.3) is 11.3 Å². The van der Waals surface area contributed by atoms with E-state index in [-0.39, 0.29) is 0 Å². The highest BCUT2D eigenvalue weighted by Crippen LogP contribution is 2.27. The fraction of sp³-hybridized carbons (Fsp3) is 0.375. The number of nitrogens with one attached hydrogen (secondary N) is 1. The van der Waals surface area contributed by atoms with Crippen molar-refractivity contribution in [2.75, 3.05) is 13.1 Å². The highest BCUT2D eigenvalue weighted by molar-refractivity contribution is 5.68. The van der Waals surface area contributed by atoms with E-state index in [4.69, 9.17) is 4.98 Å². The maximum absolute atomic E-state index is 4.77. The second-order valence-corrected chi connectivity index (χ2v) is 5.43. The summed E-state index contributed by atoms with van der Waals surface area (Å²) >= 11 is 0. The van der Waals surface area contributed by atoms with E-state index in [1.54, 1.807) is 0 Å². The molecule has 0 amide bonds. The van der Waals surface area contributed by atoms with Gasteiger partial charge in [0.15, 0.2) is 0 Å². The summed E-state index contributed by atoms with van der Waals surface area (Å²) in [6, 6.07) is 6.45. The Hall–Kier alpha value is -1.74. The molecule has 1 aliphatic rings. The van der Waals surface area contributed by atoms with Crippen LogP contribution in [0.15, 0.2) is 24.4 Å². The highest BCUT2D eigenvalue weighted by atomic mass is 15.0. The lowest BCUT2D eigenvalue weighted by molar-refractivity contribution is 0.430. The third-order valence-corrected chi connectivity index (χ3v) is 3.75. The normalized spacial score (nSPS) is 15.3. The molecule has 1 aliphatic heterocycles. The van der Waals surface area contributed by atoms with Crippen molar-refractivity contribution in [1.82, 2.24) is 15.3 Å². The maximum atomic E-state index is 4.77. The number of nitrogens with zero attached hydrogens (tertiary/aromatic N) is 2. The van der Waals surface area contributed by atoms with Crippen LogP contribution in [0.5, 0.6) is 0 Å². The van der Waals surface area contributed by atoms with Crippen molar-refractivity contribution < 1.29 is 0 Å². The molecule has 0 bridgehead atoms. The van der Waals surface area contributed by atoms with Crippen LogP contribution in [-0.4, -0.2) is 23.1 Å². The Bertz CT molecular complexity index is 592. The quantitative estimate of drug-likeness (QED) is 0.894. The predicted molar refractivity (Wildman–Crippen MR) is 77.3 cm³/mol. The van der Waals surface area contributed by atoms with Crippen LogP contribution < -0.4 is 5.32 Å². The summed E-state index contributed by atoms with van der Waals surface area (Å²) < 4.78 is 0. The largest absolute Gasteiger partial charge is 0.315 e. The van der Waals surface area contributed by atoms with Crippen LogP contribution in [0.2, 0.25) is 0 Å². The molecule has 1 saturated heterocycles. The monoisotopic (exact) mass is 253 g/mol. The van der Waals surface area contributed by atoms with Crippen LogP contribution >= 0.6 is 0 Å². The Morgan fingerprint density at radius 2 is 1.79 bits per heavy atom. The predicted octanol–water partition coefficient (Wildman–Crippen LogP) is 2.76. The molecule has 1 aromatic carbocycles. The van der Waals surface area contributed by atoms with Crippen molar-refractivity contribution in [3.63, 3.8) is 0 Å². The second kappa shape index (κ2) is 4.74. The van der Waals surface area contributed by atoms with Gasteiger partial charge in [-0.25, -0.2) is 9.97 Å². The number of hydrogen-bond donors (Lipinski definition) is 1. The molecule has 3 rings (SSSR count). The summed E-state index contributed by atoms with van der Waals surface area (Å²) in [6.07, 6.45) is 1.88. The van der Waals surface area contributed by atoms with Crippen molar-refractivity contribution in [2.24, 2.45) is 0 Å². The minimum atomic E-state index is 0.478. The summed E-state index contributed by atoms with van der Waals surface area (Å²) in [5, 5.41) is 3.27. The van der Waals surface area contributed by atoms with Crippen LogP contribution in [0.1, 0.15) is 28.4 Å². The highest BCUT2D eigenvalue weighted by Gasteiger charge is 2.22. The van der Waals surface area contributed by atoms with Gasteiger partial charge in [-0.1, -0.05) is 17.7 Å². The first-order chi connectivity index (χ1) is 9.15. The third-order valence-electron chi connectivity index (χ3n) is 3.75. The molecule has 0 atom stereocenters. The first-order valence-corrected chi connectivity index (χ1v) is 6.77. The van der Waals surface area contributed by atoms with Gasteiger partial charge in [-0.05, 0) is 38.0 Å². The van der Waals surface area contributed by atoms with E-state index < -0.39 is 0 Å². The average Bonchev–Trinajstić information content (AvgIpc) is 2.25. The number of aryl methyl sites for hydroxylation is 3. The molecular formula is C16H19N3. The van der Waals surface area contributed by atoms with Crippen molar-refractivity contribution in [1.29, 1.82) is 0 Å². The summed E-state index contributed by atoms with van der Waals surface area (Å²) in [7, 11) is 0. The smallest absolute Gasteiger partial charge is 0.134 e. The maximum Gasteiger partial charge on any atom is 0.134 e. The molecule has 1 fully saturated rings. The van der Waals surface area contributed by atoms with Gasteiger partial charge < -0.3 is 5.32 Å². The minimum Gasteiger partial charge on any atom is -0.315 e. The van der Waals surface area contributed by atoms with Gasteiger partial charge >= 0.3 is 0 Å². The molecule has 1 N–H and O–H groups in total. The first-order valence-electron chi connectivity index (χ1n) is 6.77. The van der Waals surface area contributed by atoms with Gasteiger partial charge in [-0.3, -0.25) is 0 Å². The lowest BCUT2D eigenvalue weighted by Crippen LogP contribution is -2.40. The van der Waals surface area contributed by atoms with Crippen molar-refractivity contribution in [3.8, 4) is 11.3 Å². The molecular weight excluding hydrogens is 234 g/mol. The minimum absolute atomic E-state index is 0.478. The van der Waals surface area contributed by atoms with Crippen molar-refractivity contribution >= 4 is 0 Å². The summed E-state index contributed by atoms with van der Waals surface area (Å²) in [6.45, 7) is 8.43. The second-order valence-electron chi connectivity index (χ2n) is 5.43. The Labute approximate surface area is 114 Å². The van der Waals surface area contributed by atoms with Crippen LogP contribution in [0.4, 0.5) is 0 Å². The van der Waals surface area contributed by atoms with Crippen molar-refractivity contribution in [3.05, 3.63) is 46.9 Å². The van der Waals surface area contributed by atoms with E-state index >= 15 is 0 Å². The molecule has 3 heteroatoms. The zero-order chi connectivity index (χ0) is 13.4. The average molecular weight is 253 g/mol. The van der Waals surface area contributed by atoms with Gasteiger partial charge in [0.1, 0.15) is 5.82 Å². The summed E-state index contributed by atoms with van der Waals surface area (Å²) in [5.41, 5.74) is 6.17. The lowest BCUT2D eigenvalue weighted by Gasteiger charge is -2.25. The Kier molecular flexibility index (Phi) is 3.07. The molecule has 19 heavy (non-hydrogen) atoms. The van der Waals surface area contributed by atoms with E-state index in [9.17, 15) is 0 Å². The number of rotatable bonds is 2. The molecule has 98 valence electrons. The number of hydrogen-bond acceptors (Lipinski definition) is 3. The van der Waals surface area contributed by atoms with Gasteiger partial charge in [-0.15, -0.1) is 0 Å². The zero-order valence-corrected chi connectivity index (χ0v) is 11.7. The SMILES string of the molecule is Cc1cc(C)c(-c2ccnc(C3CNC3)n2)c(C)c1. The van der Waals surface area contributed by atoms with E-state index in [0.717, 1.165) is 24.6 Å². The lowest BCUT2D eigenvalue weighted by atomic mass is 9.96. The van der Waals surface area contributed by atoms with E-state index in [1.165, 1.54) is 22.3 Å². The fourth-order valence-corrected chi connectivity index (χ4v) is 2.77. The fourth-order valence-electron chi connectivity index (χ4n) is 2.77. The van der Waals surface area contributed by atoms with E-state index in [1.807, 2.05) is 12.3 Å². The van der Waals surface area contributed by atoms with Crippen LogP contribution in [0, 0.1) is 20.8 Å². The zero-order valence-electron chi connectivity index (χ0n) is 11.7. The number of benzene rings is 1. The molecule has 0 radical (unpaired) electrons. The topological polar surface area (TPSA) is 37.8 Å². The third kappa shape index (κ3) is 2.26. The van der Waals surface area contributed by atoms with Crippen molar-refractivity contribution in [2.45, 2.75) is 26.7 Å². The number of aromatic nitrogens is 2. The van der Waals surface area contributed by atoms with Gasteiger partial charge in [0.25, 0.3) is 0 Å². The van der Waals surface area contributed by atoms with E-state index in [0.29, 0.717) is 5.92 Å². The van der Waals surface area contributed by atoms with Gasteiger partial charge in [0, 0.05) is 30.8 Å².